The van der Waals surface area contributed by atoms with E-state index in [9.17, 15) is 5.11 Å². The van der Waals surface area contributed by atoms with Crippen LogP contribution in [0.1, 0.15) is 18.1 Å². The van der Waals surface area contributed by atoms with E-state index in [4.69, 9.17) is 4.74 Å². The Morgan fingerprint density at radius 3 is 2.00 bits per heavy atom. The Hall–Kier alpha value is -2.81. The van der Waals surface area contributed by atoms with E-state index in [1.54, 1.807) is 4.58 Å². The second kappa shape index (κ2) is 8.59. The third-order valence-corrected chi connectivity index (χ3v) is 3.25. The quantitative estimate of drug-likeness (QED) is 0.492. The van der Waals surface area contributed by atoms with E-state index in [2.05, 4.69) is 24.3 Å². The highest BCUT2D eigenvalue weighted by atomic mass is 16.6. The van der Waals surface area contributed by atoms with Gasteiger partial charge >= 0.3 is 5.95 Å². The van der Waals surface area contributed by atoms with Crippen molar-refractivity contribution in [2.24, 2.45) is 0 Å². The number of aliphatic hydroxyl groups excluding tert-OH is 1. The zero-order chi connectivity index (χ0) is 16.5. The van der Waals surface area contributed by atoms with E-state index in [1.807, 2.05) is 62.7 Å². The summed E-state index contributed by atoms with van der Waals surface area (Å²) in [4.78, 5) is 0. The normalized spacial score (nSPS) is 11.9. The van der Waals surface area contributed by atoms with Crippen molar-refractivity contribution in [2.45, 2.75) is 6.92 Å². The van der Waals surface area contributed by atoms with Gasteiger partial charge in [0.1, 0.15) is 7.05 Å². The Morgan fingerprint density at radius 2 is 1.52 bits per heavy atom. The van der Waals surface area contributed by atoms with Crippen molar-refractivity contribution >= 4 is 11.8 Å². The van der Waals surface area contributed by atoms with Gasteiger partial charge in [0.15, 0.2) is 6.21 Å². The van der Waals surface area contributed by atoms with E-state index in [-0.39, 0.29) is 5.95 Å². The van der Waals surface area contributed by atoms with Crippen LogP contribution in [0.15, 0.2) is 78.9 Å². The summed E-state index contributed by atoms with van der Waals surface area (Å²) in [5.41, 5.74) is 3.39. The average molecular weight is 308 g/mol. The summed E-state index contributed by atoms with van der Waals surface area (Å²) in [5.74, 6) is -0.0966. The molecule has 0 aliphatic rings. The number of hydrogen-bond donors (Lipinski definition) is 1. The molecule has 0 saturated heterocycles. The predicted molar refractivity (Wildman–Crippen MR) is 94.5 cm³/mol. The minimum Gasteiger partial charge on any atom is -0.477 e. The minimum absolute atomic E-state index is 0.0966. The highest BCUT2D eigenvalue weighted by Crippen LogP contribution is 2.22. The lowest BCUT2D eigenvalue weighted by molar-refractivity contribution is -0.420. The van der Waals surface area contributed by atoms with E-state index >= 15 is 0 Å². The summed E-state index contributed by atoms with van der Waals surface area (Å²) in [7, 11) is 1.85. The second-order valence-corrected chi connectivity index (χ2v) is 5.03. The van der Waals surface area contributed by atoms with Crippen LogP contribution < -0.4 is 0 Å². The van der Waals surface area contributed by atoms with Crippen LogP contribution in [0.25, 0.3) is 5.57 Å². The summed E-state index contributed by atoms with van der Waals surface area (Å²) >= 11 is 0. The number of allylic oxidation sites excluding steroid dienone is 1. The molecule has 0 amide bonds. The van der Waals surface area contributed by atoms with Gasteiger partial charge < -0.3 is 9.84 Å². The van der Waals surface area contributed by atoms with Gasteiger partial charge in [-0.25, -0.2) is 4.58 Å². The van der Waals surface area contributed by atoms with Crippen LogP contribution >= 0.6 is 0 Å². The van der Waals surface area contributed by atoms with Crippen LogP contribution in [0.5, 0.6) is 0 Å². The lowest BCUT2D eigenvalue weighted by atomic mass is 9.98. The Morgan fingerprint density at radius 1 is 1.00 bits per heavy atom. The van der Waals surface area contributed by atoms with Gasteiger partial charge in [0.25, 0.3) is 0 Å². The van der Waals surface area contributed by atoms with Crippen molar-refractivity contribution in [2.75, 3.05) is 13.7 Å². The number of nitrogens with zero attached hydrogens (tertiary/aromatic N) is 1. The van der Waals surface area contributed by atoms with Gasteiger partial charge in [-0.3, -0.25) is 0 Å². The zero-order valence-corrected chi connectivity index (χ0v) is 13.5. The maximum absolute atomic E-state index is 9.58. The molecule has 2 aromatic rings. The van der Waals surface area contributed by atoms with Crippen LogP contribution in [0, 0.1) is 0 Å². The molecule has 0 spiro atoms. The van der Waals surface area contributed by atoms with Crippen LogP contribution in [0.2, 0.25) is 0 Å². The first-order valence-corrected chi connectivity index (χ1v) is 7.62. The number of rotatable bonds is 6. The molecule has 0 unspecified atom stereocenters. The SMILES string of the molecule is CCO/C(O)=C/[N+](C)=CC=C(c1ccccc1)c1ccccc1. The van der Waals surface area contributed by atoms with Crippen molar-refractivity contribution in [3.63, 3.8) is 0 Å². The number of benzene rings is 2. The molecule has 3 heteroatoms. The Balaban J connectivity index is 2.37. The third-order valence-electron chi connectivity index (χ3n) is 3.25. The molecule has 0 aliphatic carbocycles. The molecule has 0 bridgehead atoms. The first kappa shape index (κ1) is 16.6. The van der Waals surface area contributed by atoms with Gasteiger partial charge in [-0.2, -0.15) is 0 Å². The Kier molecular flexibility index (Phi) is 6.18. The average Bonchev–Trinajstić information content (AvgIpc) is 2.57. The van der Waals surface area contributed by atoms with Gasteiger partial charge in [-0.05, 0) is 23.6 Å². The molecule has 1 N–H and O–H groups in total. The van der Waals surface area contributed by atoms with Crippen LogP contribution in [0.3, 0.4) is 0 Å². The molecule has 0 aliphatic heterocycles. The first-order valence-electron chi connectivity index (χ1n) is 7.62. The second-order valence-electron chi connectivity index (χ2n) is 5.03. The first-order chi connectivity index (χ1) is 11.2. The Bertz CT molecular complexity index is 659. The molecular weight excluding hydrogens is 286 g/mol. The van der Waals surface area contributed by atoms with E-state index in [1.165, 1.54) is 6.20 Å². The standard InChI is InChI=1S/C20H21NO2/c1-3-23-20(22)16-21(2)15-14-19(17-10-6-4-7-11-17)18-12-8-5-9-13-18/h4-16H,3H2,1-2H3/p+1/b20-16+,21-15?. The summed E-state index contributed by atoms with van der Waals surface area (Å²) in [6, 6.07) is 20.4. The van der Waals surface area contributed by atoms with Crippen molar-refractivity contribution in [3.05, 3.63) is 90.0 Å². The van der Waals surface area contributed by atoms with Crippen LogP contribution in [-0.2, 0) is 4.74 Å². The third kappa shape index (κ3) is 5.15. The summed E-state index contributed by atoms with van der Waals surface area (Å²) < 4.78 is 6.78. The fourth-order valence-corrected chi connectivity index (χ4v) is 2.19. The number of aliphatic hydroxyl groups is 1. The fraction of sp³-hybridized carbons (Fsp3) is 0.150. The molecule has 0 aromatic heterocycles. The van der Waals surface area contributed by atoms with Crippen molar-refractivity contribution < 1.29 is 14.4 Å². The van der Waals surface area contributed by atoms with E-state index in [0.717, 1.165) is 16.7 Å². The monoisotopic (exact) mass is 308 g/mol. The maximum atomic E-state index is 9.58. The topological polar surface area (TPSA) is 32.5 Å². The molecule has 23 heavy (non-hydrogen) atoms. The molecule has 0 heterocycles. The van der Waals surface area contributed by atoms with Crippen LogP contribution in [0.4, 0.5) is 0 Å². The van der Waals surface area contributed by atoms with Gasteiger partial charge in [-0.15, -0.1) is 0 Å². The highest BCUT2D eigenvalue weighted by molar-refractivity contribution is 5.89. The molecule has 118 valence electrons. The fourth-order valence-electron chi connectivity index (χ4n) is 2.19. The lowest BCUT2D eigenvalue weighted by Crippen LogP contribution is -2.01. The number of ether oxygens (including phenoxy) is 1. The highest BCUT2D eigenvalue weighted by Gasteiger charge is 2.05. The molecule has 2 rings (SSSR count). The summed E-state index contributed by atoms with van der Waals surface area (Å²) in [6.45, 7) is 2.27. The summed E-state index contributed by atoms with van der Waals surface area (Å²) in [6.07, 6.45) is 5.46. The van der Waals surface area contributed by atoms with Crippen molar-refractivity contribution in [3.8, 4) is 0 Å². The molecule has 2 aromatic carbocycles. The van der Waals surface area contributed by atoms with Gasteiger partial charge in [0.2, 0.25) is 6.20 Å². The van der Waals surface area contributed by atoms with Crippen molar-refractivity contribution in [1.29, 1.82) is 0 Å². The van der Waals surface area contributed by atoms with Gasteiger partial charge in [0.05, 0.1) is 6.61 Å². The molecule has 0 atom stereocenters. The van der Waals surface area contributed by atoms with E-state index < -0.39 is 0 Å². The number of hydrogen-bond acceptors (Lipinski definition) is 2. The molecule has 0 saturated carbocycles. The molecule has 0 fully saturated rings. The molecule has 0 radical (unpaired) electrons. The molecular formula is C20H22NO2+. The van der Waals surface area contributed by atoms with Gasteiger partial charge in [-0.1, -0.05) is 60.7 Å². The maximum Gasteiger partial charge on any atom is 0.343 e. The molecule has 3 nitrogen and oxygen atoms in total. The van der Waals surface area contributed by atoms with Crippen molar-refractivity contribution in [1.82, 2.24) is 0 Å². The van der Waals surface area contributed by atoms with E-state index in [0.29, 0.717) is 6.61 Å². The Labute approximate surface area is 137 Å². The minimum atomic E-state index is -0.0966. The largest absolute Gasteiger partial charge is 0.477 e. The smallest absolute Gasteiger partial charge is 0.343 e. The van der Waals surface area contributed by atoms with Gasteiger partial charge in [0, 0.05) is 6.08 Å². The van der Waals surface area contributed by atoms with Crippen LogP contribution in [-0.4, -0.2) is 29.6 Å². The summed E-state index contributed by atoms with van der Waals surface area (Å²) in [5, 5.41) is 9.58. The zero-order valence-electron chi connectivity index (χ0n) is 13.5. The lowest BCUT2D eigenvalue weighted by Gasteiger charge is -2.06. The predicted octanol–water partition coefficient (Wildman–Crippen LogP) is 4.22.